The zero-order valence-corrected chi connectivity index (χ0v) is 24.2. The van der Waals surface area contributed by atoms with E-state index in [0.29, 0.717) is 0 Å². The van der Waals surface area contributed by atoms with Gasteiger partial charge in [0.15, 0.2) is 0 Å². The first kappa shape index (κ1) is 24.4. The number of hydrogen-bond donors (Lipinski definition) is 0. The number of benzene rings is 8. The molecule has 0 aliphatic heterocycles. The van der Waals surface area contributed by atoms with Crippen molar-refractivity contribution in [3.63, 3.8) is 0 Å². The zero-order valence-electron chi connectivity index (χ0n) is 23.4. The van der Waals surface area contributed by atoms with Gasteiger partial charge >= 0.3 is 0 Å². The van der Waals surface area contributed by atoms with Gasteiger partial charge in [-0.15, -0.1) is 11.3 Å². The summed E-state index contributed by atoms with van der Waals surface area (Å²) >= 11 is 1.92. The van der Waals surface area contributed by atoms with Crippen molar-refractivity contribution in [2.45, 2.75) is 0 Å². The highest BCUT2D eigenvalue weighted by molar-refractivity contribution is 7.27. The molecule has 1 heterocycles. The summed E-state index contributed by atoms with van der Waals surface area (Å²) in [6.45, 7) is 0. The van der Waals surface area contributed by atoms with Crippen LogP contribution in [-0.2, 0) is 0 Å². The van der Waals surface area contributed by atoms with Crippen LogP contribution in [0, 0.1) is 0 Å². The van der Waals surface area contributed by atoms with Crippen LogP contribution in [0.1, 0.15) is 0 Å². The normalized spacial score (nSPS) is 11.7. The summed E-state index contributed by atoms with van der Waals surface area (Å²) in [5.41, 5.74) is 7.48. The van der Waals surface area contributed by atoms with Crippen LogP contribution in [0.2, 0.25) is 0 Å². The lowest BCUT2D eigenvalue weighted by Crippen LogP contribution is -1.85. The van der Waals surface area contributed by atoms with Crippen LogP contribution >= 0.6 is 11.3 Å². The molecule has 0 saturated carbocycles. The van der Waals surface area contributed by atoms with E-state index in [4.69, 9.17) is 0 Å². The van der Waals surface area contributed by atoms with Gasteiger partial charge in [-0.2, -0.15) is 0 Å². The van der Waals surface area contributed by atoms with E-state index in [9.17, 15) is 0 Å². The molecule has 0 spiro atoms. The molecule has 0 bridgehead atoms. The van der Waals surface area contributed by atoms with Gasteiger partial charge in [-0.3, -0.25) is 0 Å². The third kappa shape index (κ3) is 3.97. The van der Waals surface area contributed by atoms with Crippen LogP contribution in [0.3, 0.4) is 0 Å². The lowest BCUT2D eigenvalue weighted by atomic mass is 9.94. The number of thiophene rings is 1. The van der Waals surface area contributed by atoms with E-state index < -0.39 is 0 Å². The zero-order chi connectivity index (χ0) is 28.3. The quantitative estimate of drug-likeness (QED) is 0.188. The molecule has 0 unspecified atom stereocenters. The van der Waals surface area contributed by atoms with Crippen LogP contribution in [-0.4, -0.2) is 0 Å². The highest BCUT2D eigenvalue weighted by Gasteiger charge is 2.13. The Hall–Kier alpha value is -5.24. The van der Waals surface area contributed by atoms with E-state index in [0.717, 1.165) is 0 Å². The Bertz CT molecular complexity index is 2510. The molecule has 0 aliphatic rings. The Kier molecular flexibility index (Phi) is 5.47. The van der Waals surface area contributed by atoms with Crippen molar-refractivity contribution in [3.8, 4) is 33.4 Å². The third-order valence-electron chi connectivity index (χ3n) is 8.84. The summed E-state index contributed by atoms with van der Waals surface area (Å²) in [6, 6.07) is 57.9. The Morgan fingerprint density at radius 1 is 0.279 bits per heavy atom. The van der Waals surface area contributed by atoms with Gasteiger partial charge in [-0.1, -0.05) is 140 Å². The summed E-state index contributed by atoms with van der Waals surface area (Å²) in [4.78, 5) is 0. The standard InChI is InChI=1S/C42H26S/c1-3-14-35-27(8-1)18-19-34-26-32(21-22-36(34)35)30-11-5-10-29(24-30)31-12-6-13-33(25-31)38-16-7-17-39-40-23-20-28-9-2-4-15-37(28)41(40)43-42(38)39/h1-26H. The Labute approximate surface area is 254 Å². The van der Waals surface area contributed by atoms with Crippen LogP contribution in [0.5, 0.6) is 0 Å². The summed E-state index contributed by atoms with van der Waals surface area (Å²) < 4.78 is 2.72. The molecule has 9 rings (SSSR count). The van der Waals surface area contributed by atoms with Crippen LogP contribution in [0.15, 0.2) is 158 Å². The first-order valence-electron chi connectivity index (χ1n) is 14.8. The molecule has 0 nitrogen and oxygen atoms in total. The van der Waals surface area contributed by atoms with Crippen molar-refractivity contribution in [3.05, 3.63) is 158 Å². The summed E-state index contributed by atoms with van der Waals surface area (Å²) in [7, 11) is 0. The first-order valence-corrected chi connectivity index (χ1v) is 15.6. The van der Waals surface area contributed by atoms with Gasteiger partial charge < -0.3 is 0 Å². The smallest absolute Gasteiger partial charge is 0.0434 e. The molecule has 0 N–H and O–H groups in total. The molecular weight excluding hydrogens is 537 g/mol. The largest absolute Gasteiger partial charge is 0.134 e. The predicted octanol–water partition coefficient (Wildman–Crippen LogP) is 12.5. The van der Waals surface area contributed by atoms with Crippen LogP contribution < -0.4 is 0 Å². The van der Waals surface area contributed by atoms with Gasteiger partial charge in [-0.05, 0) is 83.9 Å². The van der Waals surface area contributed by atoms with E-state index >= 15 is 0 Å². The average Bonchev–Trinajstić information content (AvgIpc) is 3.48. The van der Waals surface area contributed by atoms with E-state index in [-0.39, 0.29) is 0 Å². The van der Waals surface area contributed by atoms with Crippen molar-refractivity contribution in [1.29, 1.82) is 0 Å². The topological polar surface area (TPSA) is 0 Å². The monoisotopic (exact) mass is 562 g/mol. The minimum Gasteiger partial charge on any atom is -0.134 e. The van der Waals surface area contributed by atoms with E-state index in [2.05, 4.69) is 158 Å². The van der Waals surface area contributed by atoms with Gasteiger partial charge in [-0.25, -0.2) is 0 Å². The lowest BCUT2D eigenvalue weighted by molar-refractivity contribution is 1.59. The Balaban J connectivity index is 1.14. The number of rotatable bonds is 3. The Morgan fingerprint density at radius 3 is 1.60 bits per heavy atom. The molecule has 0 radical (unpaired) electrons. The van der Waals surface area contributed by atoms with Gasteiger partial charge in [0.2, 0.25) is 0 Å². The predicted molar refractivity (Wildman–Crippen MR) is 188 cm³/mol. The summed E-state index contributed by atoms with van der Waals surface area (Å²) in [5, 5.41) is 10.5. The number of fused-ring (bicyclic) bond motifs is 8. The maximum atomic E-state index is 2.35. The minimum absolute atomic E-state index is 1.23. The van der Waals surface area contributed by atoms with Crippen molar-refractivity contribution in [2.24, 2.45) is 0 Å². The molecule has 0 fully saturated rings. The van der Waals surface area contributed by atoms with Crippen molar-refractivity contribution in [1.82, 2.24) is 0 Å². The van der Waals surface area contributed by atoms with Crippen molar-refractivity contribution in [2.75, 3.05) is 0 Å². The molecule has 200 valence electrons. The fourth-order valence-corrected chi connectivity index (χ4v) is 8.06. The second-order valence-corrected chi connectivity index (χ2v) is 12.4. The molecular formula is C42H26S. The lowest BCUT2D eigenvalue weighted by Gasteiger charge is -2.10. The molecule has 1 heteroatoms. The fraction of sp³-hybridized carbons (Fsp3) is 0. The summed E-state index contributed by atoms with van der Waals surface area (Å²) in [6.07, 6.45) is 0. The van der Waals surface area contributed by atoms with Crippen LogP contribution in [0.4, 0.5) is 0 Å². The fourth-order valence-electron chi connectivity index (χ4n) is 6.69. The van der Waals surface area contributed by atoms with Gasteiger partial charge in [0.25, 0.3) is 0 Å². The van der Waals surface area contributed by atoms with Crippen LogP contribution in [0.25, 0.3) is 85.9 Å². The maximum Gasteiger partial charge on any atom is 0.0434 e. The summed E-state index contributed by atoms with van der Waals surface area (Å²) in [5.74, 6) is 0. The van der Waals surface area contributed by atoms with Gasteiger partial charge in [0.05, 0.1) is 0 Å². The third-order valence-corrected chi connectivity index (χ3v) is 10.1. The van der Waals surface area contributed by atoms with Crippen molar-refractivity contribution < 1.29 is 0 Å². The molecule has 0 aliphatic carbocycles. The molecule has 8 aromatic carbocycles. The van der Waals surface area contributed by atoms with Gasteiger partial charge in [0.1, 0.15) is 0 Å². The first-order chi connectivity index (χ1) is 21.3. The second-order valence-electron chi connectivity index (χ2n) is 11.3. The molecule has 1 aromatic heterocycles. The molecule has 43 heavy (non-hydrogen) atoms. The number of hydrogen-bond acceptors (Lipinski definition) is 1. The van der Waals surface area contributed by atoms with Gasteiger partial charge in [0, 0.05) is 20.2 Å². The van der Waals surface area contributed by atoms with Crippen molar-refractivity contribution >= 4 is 63.8 Å². The SMILES string of the molecule is c1cc(-c2cccc(-c3cccc4c3sc3c5ccccc5ccc43)c2)cc(-c2ccc3c(ccc4ccccc43)c2)c1. The minimum atomic E-state index is 1.23. The molecule has 0 saturated heterocycles. The molecule has 9 aromatic rings. The highest BCUT2D eigenvalue weighted by atomic mass is 32.1. The van der Waals surface area contributed by atoms with E-state index in [1.807, 2.05) is 11.3 Å². The average molecular weight is 563 g/mol. The Morgan fingerprint density at radius 2 is 0.791 bits per heavy atom. The second kappa shape index (κ2) is 9.66. The van der Waals surface area contributed by atoms with E-state index in [1.165, 1.54) is 85.9 Å². The highest BCUT2D eigenvalue weighted by Crippen LogP contribution is 2.43. The van der Waals surface area contributed by atoms with E-state index in [1.54, 1.807) is 0 Å². The maximum absolute atomic E-state index is 2.35. The molecule has 0 amide bonds. The molecule has 0 atom stereocenters.